The summed E-state index contributed by atoms with van der Waals surface area (Å²) in [4.78, 5) is 21.6. The lowest BCUT2D eigenvalue weighted by molar-refractivity contribution is -0.132. The minimum atomic E-state index is 0.214. The van der Waals surface area contributed by atoms with Gasteiger partial charge in [-0.15, -0.1) is 0 Å². The third-order valence-electron chi connectivity index (χ3n) is 3.20. The second-order valence-electron chi connectivity index (χ2n) is 4.87. The summed E-state index contributed by atoms with van der Waals surface area (Å²) in [7, 11) is 1.84. The number of carbonyl (C=O) groups is 1. The first-order valence-corrected chi connectivity index (χ1v) is 6.75. The van der Waals surface area contributed by atoms with Gasteiger partial charge in [-0.3, -0.25) is 4.79 Å². The van der Waals surface area contributed by atoms with Gasteiger partial charge in [-0.1, -0.05) is 6.92 Å². The molecule has 1 aromatic rings. The Bertz CT molecular complexity index is 437. The van der Waals surface area contributed by atoms with E-state index in [1.165, 1.54) is 0 Å². The van der Waals surface area contributed by atoms with Crippen LogP contribution in [0, 0.1) is 0 Å². The Labute approximate surface area is 113 Å². The first-order valence-electron chi connectivity index (χ1n) is 6.75. The lowest BCUT2D eigenvalue weighted by Gasteiger charge is -2.30. The Kier molecular flexibility index (Phi) is 4.54. The predicted molar refractivity (Wildman–Crippen MR) is 75.1 cm³/mol. The molecule has 0 bridgehead atoms. The molecule has 0 aliphatic carbocycles. The van der Waals surface area contributed by atoms with Crippen LogP contribution in [0.15, 0.2) is 12.4 Å². The Morgan fingerprint density at radius 1 is 1.42 bits per heavy atom. The highest BCUT2D eigenvalue weighted by atomic mass is 16.2. The molecule has 0 saturated carbocycles. The molecule has 6 heteroatoms. The van der Waals surface area contributed by atoms with Crippen molar-refractivity contribution >= 4 is 17.5 Å². The highest BCUT2D eigenvalue weighted by molar-refractivity contribution is 5.77. The summed E-state index contributed by atoms with van der Waals surface area (Å²) in [6, 6.07) is 2.17. The Hall–Kier alpha value is -1.85. The summed E-state index contributed by atoms with van der Waals surface area (Å²) >= 11 is 0. The molecule has 2 N–H and O–H groups in total. The molecule has 1 fully saturated rings. The maximum atomic E-state index is 11.4. The molecule has 1 amide bonds. The van der Waals surface area contributed by atoms with Crippen LogP contribution in [-0.2, 0) is 4.79 Å². The summed E-state index contributed by atoms with van der Waals surface area (Å²) in [6.07, 6.45) is 4.06. The number of anilines is 2. The van der Waals surface area contributed by atoms with Crippen molar-refractivity contribution in [2.24, 2.45) is 0 Å². The van der Waals surface area contributed by atoms with Crippen molar-refractivity contribution in [2.75, 3.05) is 30.8 Å². The number of nitrogens with one attached hydrogen (secondary N) is 2. The molecule has 1 saturated heterocycles. The standard InChI is InChI=1S/C13H21N5O/c1-3-6-14-11-7-12(16-9-15-11)17-10-4-5-13(19)18(2)8-10/h7,9-10H,3-6,8H2,1-2H3,(H2,14,15,16,17). The zero-order valence-corrected chi connectivity index (χ0v) is 11.5. The van der Waals surface area contributed by atoms with E-state index in [0.717, 1.165) is 37.6 Å². The number of likely N-dealkylation sites (N-methyl/N-ethyl adjacent to an activating group) is 1. The first kappa shape index (κ1) is 13.6. The van der Waals surface area contributed by atoms with Crippen LogP contribution in [0.25, 0.3) is 0 Å². The molecular weight excluding hydrogens is 242 g/mol. The lowest BCUT2D eigenvalue weighted by Crippen LogP contribution is -2.43. The van der Waals surface area contributed by atoms with Crippen molar-refractivity contribution in [1.82, 2.24) is 14.9 Å². The SMILES string of the molecule is CCCNc1cc(NC2CCC(=O)N(C)C2)ncn1. The van der Waals surface area contributed by atoms with Gasteiger partial charge in [-0.05, 0) is 12.8 Å². The normalized spacial score (nSPS) is 19.4. The highest BCUT2D eigenvalue weighted by Crippen LogP contribution is 2.16. The van der Waals surface area contributed by atoms with E-state index in [1.54, 1.807) is 11.2 Å². The number of amides is 1. The summed E-state index contributed by atoms with van der Waals surface area (Å²) in [5, 5.41) is 6.60. The van der Waals surface area contributed by atoms with Crippen LogP contribution in [0.5, 0.6) is 0 Å². The minimum Gasteiger partial charge on any atom is -0.370 e. The molecule has 19 heavy (non-hydrogen) atoms. The van der Waals surface area contributed by atoms with Crippen LogP contribution < -0.4 is 10.6 Å². The van der Waals surface area contributed by atoms with E-state index in [0.29, 0.717) is 6.42 Å². The molecule has 1 unspecified atom stereocenters. The number of likely N-dealkylation sites (tertiary alicyclic amines) is 1. The Balaban J connectivity index is 1.93. The Morgan fingerprint density at radius 3 is 2.95 bits per heavy atom. The third-order valence-corrected chi connectivity index (χ3v) is 3.20. The van der Waals surface area contributed by atoms with Crippen LogP contribution in [-0.4, -0.2) is 47.0 Å². The minimum absolute atomic E-state index is 0.214. The molecule has 1 aliphatic rings. The van der Waals surface area contributed by atoms with Gasteiger partial charge in [0.1, 0.15) is 18.0 Å². The van der Waals surface area contributed by atoms with Gasteiger partial charge in [0.2, 0.25) is 5.91 Å². The first-order chi connectivity index (χ1) is 9.19. The van der Waals surface area contributed by atoms with E-state index in [-0.39, 0.29) is 11.9 Å². The molecule has 6 nitrogen and oxygen atoms in total. The van der Waals surface area contributed by atoms with Crippen LogP contribution in [0.4, 0.5) is 11.6 Å². The molecule has 1 aliphatic heterocycles. The van der Waals surface area contributed by atoms with Crippen molar-refractivity contribution in [3.8, 4) is 0 Å². The zero-order valence-electron chi connectivity index (χ0n) is 11.5. The van der Waals surface area contributed by atoms with Crippen molar-refractivity contribution in [3.05, 3.63) is 12.4 Å². The number of aromatic nitrogens is 2. The van der Waals surface area contributed by atoms with Crippen LogP contribution in [0.1, 0.15) is 26.2 Å². The van der Waals surface area contributed by atoms with Gasteiger partial charge in [-0.25, -0.2) is 9.97 Å². The monoisotopic (exact) mass is 263 g/mol. The number of nitrogens with zero attached hydrogens (tertiary/aromatic N) is 3. The fourth-order valence-electron chi connectivity index (χ4n) is 2.13. The van der Waals surface area contributed by atoms with Crippen LogP contribution >= 0.6 is 0 Å². The number of hydrogen-bond donors (Lipinski definition) is 2. The Morgan fingerprint density at radius 2 is 2.21 bits per heavy atom. The summed E-state index contributed by atoms with van der Waals surface area (Å²) < 4.78 is 0. The third kappa shape index (κ3) is 3.81. The second kappa shape index (κ2) is 6.36. The summed E-state index contributed by atoms with van der Waals surface area (Å²) in [6.45, 7) is 3.74. The molecule has 104 valence electrons. The van der Waals surface area contributed by atoms with Crippen molar-refractivity contribution in [3.63, 3.8) is 0 Å². The summed E-state index contributed by atoms with van der Waals surface area (Å²) in [5.41, 5.74) is 0. The molecule has 2 heterocycles. The quantitative estimate of drug-likeness (QED) is 0.838. The largest absolute Gasteiger partial charge is 0.370 e. The van der Waals surface area contributed by atoms with E-state index in [4.69, 9.17) is 0 Å². The van der Waals surface area contributed by atoms with Crippen molar-refractivity contribution in [2.45, 2.75) is 32.2 Å². The van der Waals surface area contributed by atoms with Crippen molar-refractivity contribution in [1.29, 1.82) is 0 Å². The molecule has 0 radical (unpaired) electrons. The maximum absolute atomic E-state index is 11.4. The van der Waals surface area contributed by atoms with Crippen LogP contribution in [0.2, 0.25) is 0 Å². The van der Waals surface area contributed by atoms with E-state index >= 15 is 0 Å². The predicted octanol–water partition coefficient (Wildman–Crippen LogP) is 1.33. The van der Waals surface area contributed by atoms with Gasteiger partial charge in [0, 0.05) is 38.7 Å². The van der Waals surface area contributed by atoms with Crippen LogP contribution in [0.3, 0.4) is 0 Å². The highest BCUT2D eigenvalue weighted by Gasteiger charge is 2.22. The van der Waals surface area contributed by atoms with E-state index in [9.17, 15) is 4.79 Å². The number of carbonyl (C=O) groups excluding carboxylic acids is 1. The maximum Gasteiger partial charge on any atom is 0.222 e. The van der Waals surface area contributed by atoms with E-state index < -0.39 is 0 Å². The molecule has 1 atom stereocenters. The number of rotatable bonds is 5. The van der Waals surface area contributed by atoms with E-state index in [2.05, 4.69) is 27.5 Å². The van der Waals surface area contributed by atoms with E-state index in [1.807, 2.05) is 13.1 Å². The average molecular weight is 263 g/mol. The van der Waals surface area contributed by atoms with Gasteiger partial charge in [-0.2, -0.15) is 0 Å². The van der Waals surface area contributed by atoms with Gasteiger partial charge in [0.25, 0.3) is 0 Å². The second-order valence-corrected chi connectivity index (χ2v) is 4.87. The molecule has 2 rings (SSSR count). The smallest absolute Gasteiger partial charge is 0.222 e. The number of piperidine rings is 1. The summed E-state index contributed by atoms with van der Waals surface area (Å²) in [5.74, 6) is 1.85. The van der Waals surface area contributed by atoms with Gasteiger partial charge in [0.15, 0.2) is 0 Å². The molecule has 1 aromatic heterocycles. The average Bonchev–Trinajstić information content (AvgIpc) is 2.41. The fraction of sp³-hybridized carbons (Fsp3) is 0.615. The van der Waals surface area contributed by atoms with Gasteiger partial charge >= 0.3 is 0 Å². The number of hydrogen-bond acceptors (Lipinski definition) is 5. The van der Waals surface area contributed by atoms with Gasteiger partial charge < -0.3 is 15.5 Å². The zero-order chi connectivity index (χ0) is 13.7. The molecule has 0 aromatic carbocycles. The van der Waals surface area contributed by atoms with Crippen molar-refractivity contribution < 1.29 is 4.79 Å². The topological polar surface area (TPSA) is 70.2 Å². The van der Waals surface area contributed by atoms with Gasteiger partial charge in [0.05, 0.1) is 0 Å². The molecular formula is C13H21N5O. The fourth-order valence-corrected chi connectivity index (χ4v) is 2.13. The lowest BCUT2D eigenvalue weighted by atomic mass is 10.1. The molecule has 0 spiro atoms.